The molecule has 0 unspecified atom stereocenters. The van der Waals surface area contributed by atoms with E-state index < -0.39 is 0 Å². The molecular formula is C21H25N5O2. The van der Waals surface area contributed by atoms with Crippen LogP contribution in [0, 0.1) is 0 Å². The van der Waals surface area contributed by atoms with Crippen LogP contribution < -0.4 is 15.8 Å². The Balaban J connectivity index is 1.82. The van der Waals surface area contributed by atoms with Crippen LogP contribution >= 0.6 is 0 Å². The third-order valence-electron chi connectivity index (χ3n) is 4.33. The molecule has 4 N–H and O–H groups in total. The van der Waals surface area contributed by atoms with Crippen LogP contribution in [0.3, 0.4) is 0 Å². The van der Waals surface area contributed by atoms with Crippen LogP contribution in [-0.4, -0.2) is 42.9 Å². The lowest BCUT2D eigenvalue weighted by Gasteiger charge is -2.15. The number of carbonyl (C=O) groups is 1. The zero-order chi connectivity index (χ0) is 20.1. The largest absolute Gasteiger partial charge is 0.487 e. The van der Waals surface area contributed by atoms with E-state index in [1.165, 1.54) is 12.6 Å². The Bertz CT molecular complexity index is 1010. The number of nitrogens with one attached hydrogen (secondary N) is 2. The van der Waals surface area contributed by atoms with Gasteiger partial charge in [-0.3, -0.25) is 15.1 Å². The molecule has 0 atom stereocenters. The molecule has 28 heavy (non-hydrogen) atoms. The quantitative estimate of drug-likeness (QED) is 0.453. The van der Waals surface area contributed by atoms with Gasteiger partial charge in [-0.05, 0) is 37.4 Å². The van der Waals surface area contributed by atoms with Gasteiger partial charge in [0.2, 0.25) is 0 Å². The number of benzene rings is 2. The maximum absolute atomic E-state index is 12.3. The molecule has 0 fully saturated rings. The molecule has 1 heterocycles. The van der Waals surface area contributed by atoms with E-state index in [1.54, 1.807) is 6.07 Å². The first kappa shape index (κ1) is 19.4. The Hall–Kier alpha value is -3.32. The van der Waals surface area contributed by atoms with Crippen molar-refractivity contribution in [1.29, 1.82) is 0 Å². The minimum Gasteiger partial charge on any atom is -0.487 e. The van der Waals surface area contributed by atoms with Crippen molar-refractivity contribution in [2.24, 2.45) is 10.7 Å². The van der Waals surface area contributed by atoms with E-state index in [2.05, 4.69) is 32.3 Å². The first-order valence-electron chi connectivity index (χ1n) is 8.97. The molecule has 3 rings (SSSR count). The average molecular weight is 379 g/mol. The van der Waals surface area contributed by atoms with Gasteiger partial charge in [-0.25, -0.2) is 0 Å². The number of hydrogen-bond donors (Lipinski definition) is 3. The number of nitrogens with two attached hydrogens (primary N) is 1. The van der Waals surface area contributed by atoms with E-state index in [-0.39, 0.29) is 11.9 Å². The van der Waals surface area contributed by atoms with Gasteiger partial charge in [0.05, 0.1) is 5.52 Å². The fourth-order valence-corrected chi connectivity index (χ4v) is 2.96. The molecule has 2 aromatic carbocycles. The number of guanidine groups is 1. The maximum Gasteiger partial charge on any atom is 0.274 e. The third kappa shape index (κ3) is 4.50. The van der Waals surface area contributed by atoms with Gasteiger partial charge in [-0.15, -0.1) is 0 Å². The van der Waals surface area contributed by atoms with Crippen LogP contribution in [-0.2, 0) is 13.2 Å². The number of aromatic nitrogens is 1. The Morgan fingerprint density at radius 1 is 1.18 bits per heavy atom. The van der Waals surface area contributed by atoms with E-state index in [9.17, 15) is 4.79 Å². The normalized spacial score (nSPS) is 11.8. The highest BCUT2D eigenvalue weighted by molar-refractivity contribution is 6.06. The fraction of sp³-hybridized carbons (Fsp3) is 0.238. The van der Waals surface area contributed by atoms with Crippen molar-refractivity contribution < 1.29 is 9.53 Å². The summed E-state index contributed by atoms with van der Waals surface area (Å²) >= 11 is 0. The maximum atomic E-state index is 12.3. The SMILES string of the molecule is CN=C(N)NC(=O)c1cc2cccc(OCc3ccccc3CN(C)C)c2[nH]1. The molecule has 0 saturated carbocycles. The highest BCUT2D eigenvalue weighted by Crippen LogP contribution is 2.27. The number of rotatable bonds is 6. The molecular weight excluding hydrogens is 354 g/mol. The number of nitrogens with zero attached hydrogens (tertiary/aromatic N) is 2. The number of carbonyl (C=O) groups excluding carboxylic acids is 1. The molecule has 1 amide bonds. The predicted molar refractivity (Wildman–Crippen MR) is 111 cm³/mol. The van der Waals surface area contributed by atoms with Gasteiger partial charge in [0.1, 0.15) is 18.1 Å². The zero-order valence-electron chi connectivity index (χ0n) is 16.3. The van der Waals surface area contributed by atoms with E-state index in [0.29, 0.717) is 18.1 Å². The van der Waals surface area contributed by atoms with Gasteiger partial charge < -0.3 is 20.4 Å². The van der Waals surface area contributed by atoms with Crippen LogP contribution in [0.4, 0.5) is 0 Å². The second-order valence-electron chi connectivity index (χ2n) is 6.76. The van der Waals surface area contributed by atoms with Gasteiger partial charge in [-0.1, -0.05) is 36.4 Å². The summed E-state index contributed by atoms with van der Waals surface area (Å²) in [7, 11) is 5.60. The molecule has 0 bridgehead atoms. The van der Waals surface area contributed by atoms with E-state index >= 15 is 0 Å². The Kier molecular flexibility index (Phi) is 5.96. The predicted octanol–water partition coefficient (Wildman–Crippen LogP) is 2.48. The van der Waals surface area contributed by atoms with Gasteiger partial charge in [0.15, 0.2) is 5.96 Å². The number of hydrogen-bond acceptors (Lipinski definition) is 4. The summed E-state index contributed by atoms with van der Waals surface area (Å²) in [6.45, 7) is 1.29. The number of fused-ring (bicyclic) bond motifs is 1. The second kappa shape index (κ2) is 8.58. The average Bonchev–Trinajstić information content (AvgIpc) is 3.12. The first-order valence-corrected chi connectivity index (χ1v) is 8.97. The third-order valence-corrected chi connectivity index (χ3v) is 4.33. The van der Waals surface area contributed by atoms with Crippen molar-refractivity contribution in [2.45, 2.75) is 13.2 Å². The Labute approximate surface area is 164 Å². The van der Waals surface area contributed by atoms with Crippen LogP contribution in [0.5, 0.6) is 5.75 Å². The first-order chi connectivity index (χ1) is 13.5. The standard InChI is InChI=1S/C21H25N5O2/c1-23-21(22)25-20(27)17-11-14-9-6-10-18(19(14)24-17)28-13-16-8-5-4-7-15(16)12-26(2)3/h4-11,24H,12-13H2,1-3H3,(H3,22,23,25,27). The molecule has 1 aromatic heterocycles. The minimum absolute atomic E-state index is 0.0672. The highest BCUT2D eigenvalue weighted by atomic mass is 16.5. The molecule has 7 nitrogen and oxygen atoms in total. The molecule has 0 spiro atoms. The van der Waals surface area contributed by atoms with Gasteiger partial charge >= 0.3 is 0 Å². The van der Waals surface area contributed by atoms with Crippen molar-refractivity contribution in [3.8, 4) is 5.75 Å². The summed E-state index contributed by atoms with van der Waals surface area (Å²) in [4.78, 5) is 21.3. The minimum atomic E-state index is -0.346. The molecule has 0 aliphatic rings. The van der Waals surface area contributed by atoms with Crippen molar-refractivity contribution in [3.63, 3.8) is 0 Å². The molecule has 146 valence electrons. The summed E-state index contributed by atoms with van der Waals surface area (Å²) in [5, 5.41) is 3.41. The number of para-hydroxylation sites is 1. The van der Waals surface area contributed by atoms with Crippen LogP contribution in [0.15, 0.2) is 53.5 Å². The molecule has 0 aliphatic heterocycles. The van der Waals surface area contributed by atoms with Crippen molar-refractivity contribution in [3.05, 3.63) is 65.4 Å². The van der Waals surface area contributed by atoms with Gasteiger partial charge in [0, 0.05) is 19.0 Å². The molecule has 0 saturated heterocycles. The number of aromatic amines is 1. The summed E-state index contributed by atoms with van der Waals surface area (Å²) < 4.78 is 6.09. The Morgan fingerprint density at radius 2 is 1.93 bits per heavy atom. The number of ether oxygens (including phenoxy) is 1. The van der Waals surface area contributed by atoms with Crippen molar-refractivity contribution >= 4 is 22.8 Å². The van der Waals surface area contributed by atoms with Crippen molar-refractivity contribution in [1.82, 2.24) is 15.2 Å². The number of aliphatic imine (C=N–C) groups is 1. The smallest absolute Gasteiger partial charge is 0.274 e. The lowest BCUT2D eigenvalue weighted by Crippen LogP contribution is -2.36. The fourth-order valence-electron chi connectivity index (χ4n) is 2.96. The summed E-state index contributed by atoms with van der Waals surface area (Å²) in [5.41, 5.74) is 9.09. The van der Waals surface area contributed by atoms with Crippen LogP contribution in [0.2, 0.25) is 0 Å². The molecule has 3 aromatic rings. The second-order valence-corrected chi connectivity index (χ2v) is 6.76. The molecule has 0 aliphatic carbocycles. The summed E-state index contributed by atoms with van der Waals surface area (Å²) in [5.74, 6) is 0.410. The summed E-state index contributed by atoms with van der Waals surface area (Å²) in [6, 6.07) is 15.7. The van der Waals surface area contributed by atoms with E-state index in [0.717, 1.165) is 23.0 Å². The van der Waals surface area contributed by atoms with E-state index in [4.69, 9.17) is 10.5 Å². The number of amides is 1. The Morgan fingerprint density at radius 3 is 2.64 bits per heavy atom. The lowest BCUT2D eigenvalue weighted by atomic mass is 10.1. The van der Waals surface area contributed by atoms with Gasteiger partial charge in [-0.2, -0.15) is 0 Å². The zero-order valence-corrected chi connectivity index (χ0v) is 16.3. The lowest BCUT2D eigenvalue weighted by molar-refractivity contribution is 0.0972. The topological polar surface area (TPSA) is 95.7 Å². The monoisotopic (exact) mass is 379 g/mol. The van der Waals surface area contributed by atoms with Crippen molar-refractivity contribution in [2.75, 3.05) is 21.1 Å². The van der Waals surface area contributed by atoms with Crippen LogP contribution in [0.25, 0.3) is 10.9 Å². The van der Waals surface area contributed by atoms with Gasteiger partial charge in [0.25, 0.3) is 5.91 Å². The van der Waals surface area contributed by atoms with Crippen LogP contribution in [0.1, 0.15) is 21.6 Å². The molecule has 7 heteroatoms. The highest BCUT2D eigenvalue weighted by Gasteiger charge is 2.13. The van der Waals surface area contributed by atoms with E-state index in [1.807, 2.05) is 44.4 Å². The number of H-pyrrole nitrogens is 1. The summed E-state index contributed by atoms with van der Waals surface area (Å²) in [6.07, 6.45) is 0. The molecule has 0 radical (unpaired) electrons.